The van der Waals surface area contributed by atoms with Crippen LogP contribution in [-0.4, -0.2) is 30.4 Å². The van der Waals surface area contributed by atoms with E-state index in [0.717, 1.165) is 17.8 Å². The molecule has 0 radical (unpaired) electrons. The minimum Gasteiger partial charge on any atom is -0.329 e. The van der Waals surface area contributed by atoms with Crippen molar-refractivity contribution in [1.29, 1.82) is 0 Å². The molecule has 2 saturated heterocycles. The SMILES string of the molecule is CC.CCC.CN1C2CCC[C@@H]1C2.O=CNc1ccc(Cl)cc1. The average molecular weight is 341 g/mol. The molecule has 23 heavy (non-hydrogen) atoms. The zero-order chi connectivity index (χ0) is 17.7. The van der Waals surface area contributed by atoms with E-state index in [1.54, 1.807) is 24.3 Å². The fraction of sp³-hybridized carbons (Fsp3) is 0.632. The standard InChI is InChI=1S/C7H6ClNO.C7H13N.C3H8.C2H6/c8-6-1-3-7(4-2-6)9-5-10;1-8-6-3-2-4-7(8)5-6;1-3-2;1-2/h1-5H,(H,9,10);6-7H,2-5H2,1H3;3H2,1-2H3;1-2H3/t;6-,7?;;/m.1../s1. The Morgan fingerprint density at radius 1 is 1.17 bits per heavy atom. The maximum absolute atomic E-state index is 9.92. The van der Waals surface area contributed by atoms with E-state index in [2.05, 4.69) is 31.1 Å². The number of halogens is 1. The summed E-state index contributed by atoms with van der Waals surface area (Å²) in [6, 6.07) is 8.86. The molecule has 1 saturated carbocycles. The molecule has 1 aliphatic carbocycles. The Bertz CT molecular complexity index is 394. The quantitative estimate of drug-likeness (QED) is 0.711. The molecule has 1 aromatic carbocycles. The molecule has 2 heterocycles. The van der Waals surface area contributed by atoms with Gasteiger partial charge in [0.25, 0.3) is 0 Å². The van der Waals surface area contributed by atoms with Gasteiger partial charge in [0.2, 0.25) is 6.41 Å². The Hall–Kier alpha value is -1.06. The number of carbonyl (C=O) groups excluding carboxylic acids is 1. The number of piperidine rings is 1. The molecule has 1 N–H and O–H groups in total. The second-order valence-corrected chi connectivity index (χ2v) is 6.05. The molecular formula is C19H33ClN2O. The number of amides is 1. The topological polar surface area (TPSA) is 32.3 Å². The molecule has 1 unspecified atom stereocenters. The number of benzene rings is 1. The predicted molar refractivity (Wildman–Crippen MR) is 102 cm³/mol. The molecule has 1 aromatic rings. The molecule has 4 heteroatoms. The molecule has 3 aliphatic rings. The minimum atomic E-state index is 0.628. The number of nitrogens with one attached hydrogen (secondary N) is 1. The van der Waals surface area contributed by atoms with Gasteiger partial charge in [0.05, 0.1) is 0 Å². The third kappa shape index (κ3) is 8.38. The Morgan fingerprint density at radius 2 is 1.65 bits per heavy atom. The zero-order valence-corrected chi connectivity index (χ0v) is 16.1. The van der Waals surface area contributed by atoms with Crippen LogP contribution in [0.2, 0.25) is 5.02 Å². The van der Waals surface area contributed by atoms with Crippen molar-refractivity contribution in [3.05, 3.63) is 29.3 Å². The summed E-state index contributed by atoms with van der Waals surface area (Å²) in [4.78, 5) is 12.4. The highest BCUT2D eigenvalue weighted by Gasteiger charge is 2.37. The number of carbonyl (C=O) groups is 1. The molecular weight excluding hydrogens is 308 g/mol. The smallest absolute Gasteiger partial charge is 0.211 e. The van der Waals surface area contributed by atoms with Crippen LogP contribution in [0.15, 0.2) is 24.3 Å². The molecule has 2 aliphatic heterocycles. The lowest BCUT2D eigenvalue weighted by atomic mass is 9.80. The Balaban J connectivity index is 0.000000334. The largest absolute Gasteiger partial charge is 0.329 e. The van der Waals surface area contributed by atoms with Crippen LogP contribution in [0.1, 0.15) is 59.8 Å². The Kier molecular flexibility index (Phi) is 12.8. The normalized spacial score (nSPS) is 21.0. The predicted octanol–water partition coefficient (Wildman–Crippen LogP) is 5.59. The summed E-state index contributed by atoms with van der Waals surface area (Å²) in [7, 11) is 2.26. The van der Waals surface area contributed by atoms with Gasteiger partial charge in [-0.1, -0.05) is 52.1 Å². The molecule has 3 fully saturated rings. The van der Waals surface area contributed by atoms with E-state index in [4.69, 9.17) is 11.6 Å². The van der Waals surface area contributed by atoms with Crippen LogP contribution >= 0.6 is 11.6 Å². The van der Waals surface area contributed by atoms with E-state index in [-0.39, 0.29) is 0 Å². The third-order valence-corrected chi connectivity index (χ3v) is 4.09. The van der Waals surface area contributed by atoms with Crippen LogP contribution in [0.5, 0.6) is 0 Å². The summed E-state index contributed by atoms with van der Waals surface area (Å²) in [5, 5.41) is 3.16. The molecule has 0 aromatic heterocycles. The third-order valence-electron chi connectivity index (χ3n) is 3.84. The van der Waals surface area contributed by atoms with Gasteiger partial charge in [0, 0.05) is 22.8 Å². The van der Waals surface area contributed by atoms with Crippen molar-refractivity contribution in [2.24, 2.45) is 0 Å². The lowest BCUT2D eigenvalue weighted by Gasteiger charge is -2.50. The van der Waals surface area contributed by atoms with Crippen molar-refractivity contribution in [1.82, 2.24) is 4.90 Å². The first-order chi connectivity index (χ1) is 11.1. The van der Waals surface area contributed by atoms with Gasteiger partial charge in [-0.3, -0.25) is 4.79 Å². The van der Waals surface area contributed by atoms with Gasteiger partial charge in [-0.2, -0.15) is 0 Å². The number of anilines is 1. The molecule has 132 valence electrons. The van der Waals surface area contributed by atoms with E-state index in [1.807, 2.05) is 13.8 Å². The van der Waals surface area contributed by atoms with Crippen molar-refractivity contribution in [2.75, 3.05) is 12.4 Å². The van der Waals surface area contributed by atoms with Crippen molar-refractivity contribution >= 4 is 23.7 Å². The van der Waals surface area contributed by atoms with Gasteiger partial charge >= 0.3 is 0 Å². The van der Waals surface area contributed by atoms with Gasteiger partial charge in [0.15, 0.2) is 0 Å². The van der Waals surface area contributed by atoms with Crippen molar-refractivity contribution in [3.8, 4) is 0 Å². The first kappa shape index (κ1) is 21.9. The summed E-state index contributed by atoms with van der Waals surface area (Å²) in [6.07, 6.45) is 7.79. The van der Waals surface area contributed by atoms with Crippen LogP contribution in [0.3, 0.4) is 0 Å². The average Bonchev–Trinajstić information content (AvgIpc) is 2.60. The number of rotatable bonds is 2. The summed E-state index contributed by atoms with van der Waals surface area (Å²) in [5.41, 5.74) is 0.749. The van der Waals surface area contributed by atoms with Crippen LogP contribution < -0.4 is 5.32 Å². The van der Waals surface area contributed by atoms with Gasteiger partial charge in [-0.25, -0.2) is 0 Å². The van der Waals surface area contributed by atoms with Crippen LogP contribution in [0.4, 0.5) is 5.69 Å². The number of hydrogen-bond acceptors (Lipinski definition) is 2. The van der Waals surface area contributed by atoms with E-state index in [9.17, 15) is 4.79 Å². The fourth-order valence-corrected chi connectivity index (χ4v) is 2.78. The first-order valence-electron chi connectivity index (χ1n) is 8.80. The Labute approximate surface area is 147 Å². The fourth-order valence-electron chi connectivity index (χ4n) is 2.65. The summed E-state index contributed by atoms with van der Waals surface area (Å²) >= 11 is 5.60. The first-order valence-corrected chi connectivity index (χ1v) is 9.17. The monoisotopic (exact) mass is 340 g/mol. The maximum Gasteiger partial charge on any atom is 0.211 e. The Morgan fingerprint density at radius 3 is 1.96 bits per heavy atom. The molecule has 4 rings (SSSR count). The van der Waals surface area contributed by atoms with Crippen molar-refractivity contribution in [2.45, 2.75) is 71.9 Å². The van der Waals surface area contributed by atoms with Gasteiger partial charge < -0.3 is 10.2 Å². The van der Waals surface area contributed by atoms with Crippen molar-refractivity contribution in [3.63, 3.8) is 0 Å². The number of hydrogen-bond donors (Lipinski definition) is 1. The van der Waals surface area contributed by atoms with Gasteiger partial charge in [0.1, 0.15) is 0 Å². The van der Waals surface area contributed by atoms with E-state index >= 15 is 0 Å². The van der Waals surface area contributed by atoms with Crippen LogP contribution in [-0.2, 0) is 4.79 Å². The second kappa shape index (κ2) is 13.4. The maximum atomic E-state index is 9.92. The summed E-state index contributed by atoms with van der Waals surface area (Å²) in [5.74, 6) is 0. The molecule has 2 bridgehead atoms. The lowest BCUT2D eigenvalue weighted by Crippen LogP contribution is -2.56. The highest BCUT2D eigenvalue weighted by molar-refractivity contribution is 6.30. The summed E-state index contributed by atoms with van der Waals surface area (Å²) in [6.45, 7) is 8.25. The van der Waals surface area contributed by atoms with Crippen molar-refractivity contribution < 1.29 is 4.79 Å². The molecule has 0 spiro atoms. The van der Waals surface area contributed by atoms with Crippen LogP contribution in [0.25, 0.3) is 0 Å². The molecule has 1 amide bonds. The number of fused-ring (bicyclic) bond motifs is 2. The van der Waals surface area contributed by atoms with E-state index in [0.29, 0.717) is 11.4 Å². The highest BCUT2D eigenvalue weighted by Crippen LogP contribution is 2.35. The van der Waals surface area contributed by atoms with E-state index < -0.39 is 0 Å². The van der Waals surface area contributed by atoms with Gasteiger partial charge in [-0.15, -0.1) is 0 Å². The number of nitrogens with zero attached hydrogens (tertiary/aromatic N) is 1. The molecule has 2 atom stereocenters. The van der Waals surface area contributed by atoms with Gasteiger partial charge in [-0.05, 0) is 50.6 Å². The van der Waals surface area contributed by atoms with Crippen LogP contribution in [0, 0.1) is 0 Å². The molecule has 3 nitrogen and oxygen atoms in total. The highest BCUT2D eigenvalue weighted by atomic mass is 35.5. The van der Waals surface area contributed by atoms with E-state index in [1.165, 1.54) is 32.1 Å². The zero-order valence-electron chi connectivity index (χ0n) is 15.3. The minimum absolute atomic E-state index is 0.628. The lowest BCUT2D eigenvalue weighted by molar-refractivity contribution is -0.105. The summed E-state index contributed by atoms with van der Waals surface area (Å²) < 4.78 is 0. The second-order valence-electron chi connectivity index (χ2n) is 5.62.